The Labute approximate surface area is 101 Å². The van der Waals surface area contributed by atoms with E-state index in [9.17, 15) is 0 Å². The minimum absolute atomic E-state index is 1.02. The van der Waals surface area contributed by atoms with E-state index in [0.29, 0.717) is 0 Å². The number of nitrogens with one attached hydrogen (secondary N) is 1. The van der Waals surface area contributed by atoms with Crippen LogP contribution in [0.15, 0.2) is 24.3 Å². The third-order valence-corrected chi connectivity index (χ3v) is 3.46. The first-order valence-electron chi connectivity index (χ1n) is 6.14. The van der Waals surface area contributed by atoms with Gasteiger partial charge in [0.2, 0.25) is 5.95 Å². The number of anilines is 1. The van der Waals surface area contributed by atoms with Crippen LogP contribution in [0.5, 0.6) is 0 Å². The fraction of sp³-hybridized carbons (Fsp3) is 0.357. The fourth-order valence-corrected chi connectivity index (χ4v) is 2.47. The minimum Gasteiger partial charge on any atom is -0.356 e. The molecule has 0 unspecified atom stereocenters. The smallest absolute Gasteiger partial charge is 0.203 e. The van der Waals surface area contributed by atoms with Crippen molar-refractivity contribution in [3.8, 4) is 11.3 Å². The van der Waals surface area contributed by atoms with Crippen LogP contribution in [0.1, 0.15) is 17.7 Å². The molecule has 3 nitrogen and oxygen atoms in total. The molecule has 0 amide bonds. The minimum atomic E-state index is 1.02. The lowest BCUT2D eigenvalue weighted by atomic mass is 10.0. The molecular formula is C14H17N3. The van der Waals surface area contributed by atoms with Crippen molar-refractivity contribution in [3.63, 3.8) is 0 Å². The van der Waals surface area contributed by atoms with Gasteiger partial charge in [-0.15, -0.1) is 0 Å². The third kappa shape index (κ3) is 1.62. The summed E-state index contributed by atoms with van der Waals surface area (Å²) in [7, 11) is 0. The van der Waals surface area contributed by atoms with Crippen molar-refractivity contribution in [2.45, 2.75) is 26.8 Å². The van der Waals surface area contributed by atoms with E-state index < -0.39 is 0 Å². The first-order valence-corrected chi connectivity index (χ1v) is 6.14. The van der Waals surface area contributed by atoms with Crippen LogP contribution in [0.25, 0.3) is 11.3 Å². The monoisotopic (exact) mass is 227 g/mol. The normalized spacial score (nSPS) is 14.2. The second kappa shape index (κ2) is 3.91. The number of benzene rings is 1. The summed E-state index contributed by atoms with van der Waals surface area (Å²) in [5.74, 6) is 1.02. The Bertz CT molecular complexity index is 555. The maximum atomic E-state index is 4.73. The van der Waals surface area contributed by atoms with E-state index in [1.165, 1.54) is 23.2 Å². The molecule has 0 atom stereocenters. The van der Waals surface area contributed by atoms with Crippen molar-refractivity contribution in [2.75, 3.05) is 11.9 Å². The highest BCUT2D eigenvalue weighted by Gasteiger charge is 2.18. The lowest BCUT2D eigenvalue weighted by Crippen LogP contribution is -2.17. The number of nitrogens with zero attached hydrogens (tertiary/aromatic N) is 2. The van der Waals surface area contributed by atoms with Crippen molar-refractivity contribution in [1.29, 1.82) is 0 Å². The van der Waals surface area contributed by atoms with Crippen LogP contribution < -0.4 is 5.32 Å². The van der Waals surface area contributed by atoms with Crippen LogP contribution in [0.2, 0.25) is 0 Å². The SMILES string of the molecule is Cc1ccccc1-c1nc2n(c1C)CCCN2. The van der Waals surface area contributed by atoms with Gasteiger partial charge in [-0.2, -0.15) is 0 Å². The summed E-state index contributed by atoms with van der Waals surface area (Å²) >= 11 is 0. The Morgan fingerprint density at radius 1 is 1.24 bits per heavy atom. The molecule has 1 aliphatic rings. The Morgan fingerprint density at radius 2 is 2.06 bits per heavy atom. The summed E-state index contributed by atoms with van der Waals surface area (Å²) in [6, 6.07) is 8.44. The molecule has 2 heterocycles. The summed E-state index contributed by atoms with van der Waals surface area (Å²) in [5.41, 5.74) is 4.91. The Morgan fingerprint density at radius 3 is 2.82 bits per heavy atom. The lowest BCUT2D eigenvalue weighted by molar-refractivity contribution is 0.615. The average molecular weight is 227 g/mol. The van der Waals surface area contributed by atoms with E-state index >= 15 is 0 Å². The number of hydrogen-bond donors (Lipinski definition) is 1. The zero-order chi connectivity index (χ0) is 11.8. The molecule has 3 rings (SSSR count). The summed E-state index contributed by atoms with van der Waals surface area (Å²) < 4.78 is 2.28. The van der Waals surface area contributed by atoms with Crippen LogP contribution in [-0.4, -0.2) is 16.1 Å². The predicted octanol–water partition coefficient (Wildman–Crippen LogP) is 2.98. The highest BCUT2D eigenvalue weighted by atomic mass is 15.2. The second-order valence-electron chi connectivity index (χ2n) is 4.62. The predicted molar refractivity (Wildman–Crippen MR) is 70.2 cm³/mol. The number of hydrogen-bond acceptors (Lipinski definition) is 2. The zero-order valence-corrected chi connectivity index (χ0v) is 10.3. The van der Waals surface area contributed by atoms with E-state index in [1.54, 1.807) is 0 Å². The molecule has 0 spiro atoms. The largest absolute Gasteiger partial charge is 0.356 e. The van der Waals surface area contributed by atoms with Crippen molar-refractivity contribution < 1.29 is 0 Å². The Balaban J connectivity index is 2.16. The number of aryl methyl sites for hydroxylation is 1. The van der Waals surface area contributed by atoms with E-state index in [2.05, 4.69) is 48.0 Å². The molecule has 0 bridgehead atoms. The molecule has 88 valence electrons. The first kappa shape index (κ1) is 10.4. The van der Waals surface area contributed by atoms with Crippen molar-refractivity contribution in [1.82, 2.24) is 9.55 Å². The molecule has 1 N–H and O–H groups in total. The Hall–Kier alpha value is -1.77. The van der Waals surface area contributed by atoms with Gasteiger partial charge in [-0.3, -0.25) is 0 Å². The van der Waals surface area contributed by atoms with E-state index in [4.69, 9.17) is 4.98 Å². The van der Waals surface area contributed by atoms with Gasteiger partial charge in [0.15, 0.2) is 0 Å². The van der Waals surface area contributed by atoms with Gasteiger partial charge in [-0.1, -0.05) is 24.3 Å². The zero-order valence-electron chi connectivity index (χ0n) is 10.3. The molecular weight excluding hydrogens is 210 g/mol. The maximum absolute atomic E-state index is 4.73. The van der Waals surface area contributed by atoms with E-state index in [1.807, 2.05) is 0 Å². The Kier molecular flexibility index (Phi) is 2.39. The van der Waals surface area contributed by atoms with Crippen LogP contribution in [-0.2, 0) is 6.54 Å². The third-order valence-electron chi connectivity index (χ3n) is 3.46. The molecule has 3 heteroatoms. The van der Waals surface area contributed by atoms with Crippen LogP contribution in [0.3, 0.4) is 0 Å². The van der Waals surface area contributed by atoms with Gasteiger partial charge in [-0.25, -0.2) is 4.98 Å². The molecule has 2 aromatic rings. The van der Waals surface area contributed by atoms with Gasteiger partial charge in [0.05, 0.1) is 5.69 Å². The topological polar surface area (TPSA) is 29.9 Å². The van der Waals surface area contributed by atoms with Gasteiger partial charge in [-0.05, 0) is 25.8 Å². The molecule has 0 radical (unpaired) electrons. The summed E-state index contributed by atoms with van der Waals surface area (Å²) in [6.07, 6.45) is 1.18. The van der Waals surface area contributed by atoms with Crippen LogP contribution >= 0.6 is 0 Å². The van der Waals surface area contributed by atoms with Gasteiger partial charge < -0.3 is 9.88 Å². The van der Waals surface area contributed by atoms with Crippen molar-refractivity contribution in [2.24, 2.45) is 0 Å². The van der Waals surface area contributed by atoms with E-state index in [-0.39, 0.29) is 0 Å². The van der Waals surface area contributed by atoms with Gasteiger partial charge >= 0.3 is 0 Å². The van der Waals surface area contributed by atoms with E-state index in [0.717, 1.165) is 24.7 Å². The molecule has 1 aliphatic heterocycles. The molecule has 0 saturated heterocycles. The molecule has 1 aromatic carbocycles. The standard InChI is InChI=1S/C14H17N3/c1-10-6-3-4-7-12(10)13-11(2)17-9-5-8-15-14(17)16-13/h3-4,6-7H,5,8-9H2,1-2H3,(H,15,16). The highest BCUT2D eigenvalue weighted by Crippen LogP contribution is 2.29. The number of imidazole rings is 1. The van der Waals surface area contributed by atoms with Crippen molar-refractivity contribution in [3.05, 3.63) is 35.5 Å². The van der Waals surface area contributed by atoms with Crippen molar-refractivity contribution >= 4 is 5.95 Å². The molecule has 0 fully saturated rings. The van der Waals surface area contributed by atoms with Gasteiger partial charge in [0.25, 0.3) is 0 Å². The molecule has 17 heavy (non-hydrogen) atoms. The number of aromatic nitrogens is 2. The quantitative estimate of drug-likeness (QED) is 0.811. The molecule has 0 aliphatic carbocycles. The number of rotatable bonds is 1. The number of fused-ring (bicyclic) bond motifs is 1. The van der Waals surface area contributed by atoms with Crippen LogP contribution in [0, 0.1) is 13.8 Å². The van der Waals surface area contributed by atoms with Gasteiger partial charge in [0.1, 0.15) is 0 Å². The van der Waals surface area contributed by atoms with Gasteiger partial charge in [0, 0.05) is 24.3 Å². The molecule has 1 aromatic heterocycles. The summed E-state index contributed by atoms with van der Waals surface area (Å²) in [5, 5.41) is 3.36. The lowest BCUT2D eigenvalue weighted by Gasteiger charge is -2.16. The second-order valence-corrected chi connectivity index (χ2v) is 4.62. The summed E-state index contributed by atoms with van der Waals surface area (Å²) in [6.45, 7) is 6.41. The molecule has 0 saturated carbocycles. The maximum Gasteiger partial charge on any atom is 0.203 e. The fourth-order valence-electron chi connectivity index (χ4n) is 2.47. The first-order chi connectivity index (χ1) is 8.27. The van der Waals surface area contributed by atoms with Crippen LogP contribution in [0.4, 0.5) is 5.95 Å². The average Bonchev–Trinajstić information content (AvgIpc) is 2.68. The summed E-state index contributed by atoms with van der Waals surface area (Å²) in [4.78, 5) is 4.73. The highest BCUT2D eigenvalue weighted by molar-refractivity contribution is 5.68.